The van der Waals surface area contributed by atoms with Crippen LogP contribution in [0.15, 0.2) is 102 Å². The van der Waals surface area contributed by atoms with Gasteiger partial charge in [-0.15, -0.1) is 0 Å². The van der Waals surface area contributed by atoms with Gasteiger partial charge in [-0.2, -0.15) is 0 Å². The molecule has 2 amide bonds. The maximum Gasteiger partial charge on any atom is 0.292 e. The number of amides is 2. The Hall–Kier alpha value is -4.23. The maximum atomic E-state index is 14.0. The number of aliphatic hydroxyl groups excluding tert-OH is 1. The van der Waals surface area contributed by atoms with Crippen LogP contribution in [0.25, 0.3) is 11.3 Å². The molecular weight excluding hydrogens is 490 g/mol. The Labute approximate surface area is 227 Å². The average molecular weight is 522 g/mol. The molecule has 7 nitrogen and oxygen atoms in total. The van der Waals surface area contributed by atoms with E-state index in [1.165, 1.54) is 0 Å². The second-order valence-corrected chi connectivity index (χ2v) is 10.6. The van der Waals surface area contributed by atoms with Gasteiger partial charge >= 0.3 is 0 Å². The Kier molecular flexibility index (Phi) is 6.75. The first kappa shape index (κ1) is 25.1. The SMILES string of the molecule is O=C(c1cc(-c2ccccc2)no1)N1CCC2(CC1)C[C@@H]([C@H](O)c1ccccc1)N(Cc1ccccc1)C2=O. The van der Waals surface area contributed by atoms with E-state index in [4.69, 9.17) is 4.52 Å². The van der Waals surface area contributed by atoms with Crippen LogP contribution in [0.2, 0.25) is 0 Å². The Morgan fingerprint density at radius 3 is 2.23 bits per heavy atom. The van der Waals surface area contributed by atoms with Gasteiger partial charge in [-0.1, -0.05) is 96.2 Å². The number of hydrogen-bond donors (Lipinski definition) is 1. The number of carbonyl (C=O) groups excluding carboxylic acids is 2. The van der Waals surface area contributed by atoms with Gasteiger partial charge in [0.25, 0.3) is 5.91 Å². The first-order chi connectivity index (χ1) is 19.0. The minimum atomic E-state index is -0.788. The molecule has 4 aromatic rings. The lowest BCUT2D eigenvalue weighted by molar-refractivity contribution is -0.140. The summed E-state index contributed by atoms with van der Waals surface area (Å²) in [4.78, 5) is 30.9. The van der Waals surface area contributed by atoms with E-state index in [1.807, 2.05) is 95.9 Å². The van der Waals surface area contributed by atoms with E-state index >= 15 is 0 Å². The fourth-order valence-corrected chi connectivity index (χ4v) is 6.01. The molecule has 0 saturated carbocycles. The van der Waals surface area contributed by atoms with Crippen molar-refractivity contribution in [3.8, 4) is 11.3 Å². The topological polar surface area (TPSA) is 86.9 Å². The standard InChI is InChI=1S/C32H31N3O4/c36-29(25-14-8-3-9-15-25)27-21-32(31(38)35(27)22-23-10-4-1-5-11-23)16-18-34(19-17-32)30(37)28-20-26(33-39-28)24-12-6-2-7-13-24/h1-15,20,27,29,36H,16-19,21-22H2/t27-,29+/m0/s1. The number of hydrogen-bond acceptors (Lipinski definition) is 5. The highest BCUT2D eigenvalue weighted by Crippen LogP contribution is 2.48. The summed E-state index contributed by atoms with van der Waals surface area (Å²) >= 11 is 0. The van der Waals surface area contributed by atoms with Crippen molar-refractivity contribution in [3.63, 3.8) is 0 Å². The van der Waals surface area contributed by atoms with Crippen LogP contribution < -0.4 is 0 Å². The van der Waals surface area contributed by atoms with E-state index in [0.29, 0.717) is 44.6 Å². The molecule has 6 rings (SSSR count). The second kappa shape index (κ2) is 10.5. The number of aromatic nitrogens is 1. The quantitative estimate of drug-likeness (QED) is 0.382. The van der Waals surface area contributed by atoms with E-state index < -0.39 is 11.5 Å². The predicted octanol–water partition coefficient (Wildman–Crippen LogP) is 5.10. The van der Waals surface area contributed by atoms with Gasteiger partial charge in [-0.25, -0.2) is 0 Å². The molecule has 2 aliphatic heterocycles. The van der Waals surface area contributed by atoms with Gasteiger partial charge in [0.15, 0.2) is 0 Å². The molecule has 3 heterocycles. The van der Waals surface area contributed by atoms with Crippen molar-refractivity contribution in [1.82, 2.24) is 15.0 Å². The zero-order valence-electron chi connectivity index (χ0n) is 21.6. The van der Waals surface area contributed by atoms with E-state index in [9.17, 15) is 14.7 Å². The lowest BCUT2D eigenvalue weighted by Gasteiger charge is -2.37. The minimum Gasteiger partial charge on any atom is -0.386 e. The molecule has 1 N–H and O–H groups in total. The summed E-state index contributed by atoms with van der Waals surface area (Å²) in [5.74, 6) is 0.0436. The largest absolute Gasteiger partial charge is 0.386 e. The van der Waals surface area contributed by atoms with Crippen LogP contribution in [0.1, 0.15) is 47.0 Å². The number of likely N-dealkylation sites (tertiary alicyclic amines) is 2. The molecule has 2 atom stereocenters. The summed E-state index contributed by atoms with van der Waals surface area (Å²) in [6.07, 6.45) is 0.849. The van der Waals surface area contributed by atoms with Gasteiger partial charge in [0, 0.05) is 31.3 Å². The van der Waals surface area contributed by atoms with E-state index in [0.717, 1.165) is 16.7 Å². The number of nitrogens with zero attached hydrogens (tertiary/aromatic N) is 3. The third-order valence-corrected chi connectivity index (χ3v) is 8.21. The summed E-state index contributed by atoms with van der Waals surface area (Å²) < 4.78 is 5.40. The molecule has 1 aromatic heterocycles. The molecule has 7 heteroatoms. The lowest BCUT2D eigenvalue weighted by Crippen LogP contribution is -2.46. The van der Waals surface area contributed by atoms with Crippen LogP contribution in [0.4, 0.5) is 0 Å². The number of aliphatic hydroxyl groups is 1. The van der Waals surface area contributed by atoms with E-state index in [2.05, 4.69) is 5.16 Å². The average Bonchev–Trinajstić information content (AvgIpc) is 3.59. The Morgan fingerprint density at radius 2 is 1.56 bits per heavy atom. The monoisotopic (exact) mass is 521 g/mol. The summed E-state index contributed by atoms with van der Waals surface area (Å²) in [7, 11) is 0. The number of benzene rings is 3. The molecule has 39 heavy (non-hydrogen) atoms. The minimum absolute atomic E-state index is 0.0597. The number of carbonyl (C=O) groups is 2. The molecule has 2 aliphatic rings. The summed E-state index contributed by atoms with van der Waals surface area (Å²) in [5, 5.41) is 15.5. The third kappa shape index (κ3) is 4.86. The number of piperidine rings is 1. The zero-order valence-corrected chi connectivity index (χ0v) is 21.6. The molecule has 2 fully saturated rings. The first-order valence-electron chi connectivity index (χ1n) is 13.4. The molecule has 3 aromatic carbocycles. The third-order valence-electron chi connectivity index (χ3n) is 8.21. The Balaban J connectivity index is 1.20. The smallest absolute Gasteiger partial charge is 0.292 e. The van der Waals surface area contributed by atoms with Crippen molar-refractivity contribution < 1.29 is 19.2 Å². The van der Waals surface area contributed by atoms with Crippen molar-refractivity contribution in [2.75, 3.05) is 13.1 Å². The lowest BCUT2D eigenvalue weighted by atomic mass is 9.75. The van der Waals surface area contributed by atoms with Gasteiger partial charge < -0.3 is 19.4 Å². The van der Waals surface area contributed by atoms with Crippen LogP contribution in [-0.2, 0) is 11.3 Å². The first-order valence-corrected chi connectivity index (χ1v) is 13.4. The van der Waals surface area contributed by atoms with Crippen LogP contribution in [0.5, 0.6) is 0 Å². The van der Waals surface area contributed by atoms with Crippen molar-refractivity contribution >= 4 is 11.8 Å². The van der Waals surface area contributed by atoms with Crippen molar-refractivity contribution in [1.29, 1.82) is 0 Å². The fourth-order valence-electron chi connectivity index (χ4n) is 6.01. The van der Waals surface area contributed by atoms with Crippen LogP contribution in [-0.4, -0.2) is 51.0 Å². The molecule has 198 valence electrons. The van der Waals surface area contributed by atoms with Crippen LogP contribution in [0.3, 0.4) is 0 Å². The normalized spacial score (nSPS) is 19.4. The highest BCUT2D eigenvalue weighted by atomic mass is 16.5. The predicted molar refractivity (Wildman–Crippen MR) is 146 cm³/mol. The van der Waals surface area contributed by atoms with Gasteiger partial charge in [-0.05, 0) is 30.4 Å². The summed E-state index contributed by atoms with van der Waals surface area (Å²) in [6.45, 7) is 1.33. The molecule has 0 unspecified atom stereocenters. The number of rotatable bonds is 6. The molecular formula is C32H31N3O4. The van der Waals surface area contributed by atoms with Crippen LogP contribution >= 0.6 is 0 Å². The van der Waals surface area contributed by atoms with Crippen molar-refractivity contribution in [2.45, 2.75) is 38.0 Å². The Bertz CT molecular complexity index is 1430. The Morgan fingerprint density at radius 1 is 0.949 bits per heavy atom. The van der Waals surface area contributed by atoms with Gasteiger partial charge in [0.1, 0.15) is 5.69 Å². The molecule has 1 spiro atoms. The van der Waals surface area contributed by atoms with Gasteiger partial charge in [0.05, 0.1) is 17.6 Å². The highest BCUT2D eigenvalue weighted by Gasteiger charge is 2.54. The van der Waals surface area contributed by atoms with Crippen LogP contribution in [0, 0.1) is 5.41 Å². The second-order valence-electron chi connectivity index (χ2n) is 10.6. The molecule has 0 aliphatic carbocycles. The fraction of sp³-hybridized carbons (Fsp3) is 0.281. The van der Waals surface area contributed by atoms with Crippen molar-refractivity contribution in [2.24, 2.45) is 5.41 Å². The maximum absolute atomic E-state index is 14.0. The highest BCUT2D eigenvalue weighted by molar-refractivity contribution is 5.93. The van der Waals surface area contributed by atoms with Gasteiger partial charge in [-0.3, -0.25) is 9.59 Å². The van der Waals surface area contributed by atoms with Crippen molar-refractivity contribution in [3.05, 3.63) is 114 Å². The van der Waals surface area contributed by atoms with E-state index in [-0.39, 0.29) is 23.6 Å². The van der Waals surface area contributed by atoms with Gasteiger partial charge in [0.2, 0.25) is 11.7 Å². The molecule has 2 saturated heterocycles. The summed E-state index contributed by atoms with van der Waals surface area (Å²) in [5.41, 5.74) is 2.73. The molecule has 0 radical (unpaired) electrons. The summed E-state index contributed by atoms with van der Waals surface area (Å²) in [6, 6.07) is 30.4. The zero-order chi connectivity index (χ0) is 26.8. The van der Waals surface area contributed by atoms with E-state index in [1.54, 1.807) is 11.0 Å². The molecule has 0 bridgehead atoms.